The summed E-state index contributed by atoms with van der Waals surface area (Å²) in [5.74, 6) is 0. The maximum absolute atomic E-state index is 4.83. The van der Waals surface area contributed by atoms with Crippen LogP contribution in [0.5, 0.6) is 0 Å². The zero-order valence-corrected chi connectivity index (χ0v) is 13.3. The molecule has 0 saturated carbocycles. The van der Waals surface area contributed by atoms with Crippen LogP contribution < -0.4 is 0 Å². The summed E-state index contributed by atoms with van der Waals surface area (Å²) in [6.45, 7) is 0. The van der Waals surface area contributed by atoms with Gasteiger partial charge in [-0.1, -0.05) is 72.4 Å². The molecule has 0 spiro atoms. The molecule has 0 aliphatic heterocycles. The first-order chi connectivity index (χ1) is 11.4. The van der Waals surface area contributed by atoms with Crippen LogP contribution in [-0.2, 0) is 0 Å². The fraction of sp³-hybridized carbons (Fsp3) is 0. The van der Waals surface area contributed by atoms with Gasteiger partial charge in [0.25, 0.3) is 0 Å². The van der Waals surface area contributed by atoms with Gasteiger partial charge in [-0.05, 0) is 30.3 Å². The van der Waals surface area contributed by atoms with Crippen molar-refractivity contribution in [2.24, 2.45) is 0 Å². The SMILES string of the molecule is c1ccc(Sc2ccccc2-c2ccc3ccccc3n2)cc1. The van der Waals surface area contributed by atoms with Gasteiger partial charge in [-0.3, -0.25) is 0 Å². The lowest BCUT2D eigenvalue weighted by atomic mass is 10.1. The first-order valence-corrected chi connectivity index (χ1v) is 8.40. The fourth-order valence-corrected chi connectivity index (χ4v) is 3.58. The van der Waals surface area contributed by atoms with Crippen LogP contribution in [0, 0.1) is 0 Å². The molecule has 110 valence electrons. The van der Waals surface area contributed by atoms with Crippen molar-refractivity contribution >= 4 is 22.7 Å². The Kier molecular flexibility index (Phi) is 3.83. The van der Waals surface area contributed by atoms with Gasteiger partial charge in [-0.2, -0.15) is 0 Å². The number of rotatable bonds is 3. The minimum Gasteiger partial charge on any atom is -0.248 e. The maximum Gasteiger partial charge on any atom is 0.0721 e. The van der Waals surface area contributed by atoms with Crippen molar-refractivity contribution in [3.05, 3.63) is 91.0 Å². The van der Waals surface area contributed by atoms with Crippen molar-refractivity contribution in [3.63, 3.8) is 0 Å². The van der Waals surface area contributed by atoms with E-state index in [2.05, 4.69) is 72.8 Å². The molecule has 2 heteroatoms. The van der Waals surface area contributed by atoms with Crippen LogP contribution in [0.1, 0.15) is 0 Å². The van der Waals surface area contributed by atoms with Crippen LogP contribution in [0.3, 0.4) is 0 Å². The molecule has 1 aromatic heterocycles. The monoisotopic (exact) mass is 313 g/mol. The second-order valence-corrected chi connectivity index (χ2v) is 6.42. The molecule has 4 aromatic rings. The molecule has 0 N–H and O–H groups in total. The number of para-hydroxylation sites is 1. The molecule has 3 aromatic carbocycles. The molecule has 0 bridgehead atoms. The normalized spacial score (nSPS) is 10.8. The van der Waals surface area contributed by atoms with Crippen molar-refractivity contribution < 1.29 is 0 Å². The van der Waals surface area contributed by atoms with Gasteiger partial charge in [-0.15, -0.1) is 0 Å². The highest BCUT2D eigenvalue weighted by Gasteiger charge is 2.08. The quantitative estimate of drug-likeness (QED) is 0.456. The molecule has 0 aliphatic rings. The summed E-state index contributed by atoms with van der Waals surface area (Å²) in [7, 11) is 0. The second-order valence-electron chi connectivity index (χ2n) is 5.30. The fourth-order valence-electron chi connectivity index (χ4n) is 2.60. The van der Waals surface area contributed by atoms with Crippen molar-refractivity contribution in [1.29, 1.82) is 0 Å². The Labute approximate surface area is 140 Å². The first kappa shape index (κ1) is 14.0. The predicted octanol–water partition coefficient (Wildman–Crippen LogP) is 6.05. The topological polar surface area (TPSA) is 12.9 Å². The highest BCUT2D eigenvalue weighted by molar-refractivity contribution is 7.99. The van der Waals surface area contributed by atoms with E-state index >= 15 is 0 Å². The van der Waals surface area contributed by atoms with E-state index in [0.29, 0.717) is 0 Å². The maximum atomic E-state index is 4.83. The van der Waals surface area contributed by atoms with Crippen LogP contribution in [-0.4, -0.2) is 4.98 Å². The van der Waals surface area contributed by atoms with E-state index in [1.54, 1.807) is 11.8 Å². The Hall–Kier alpha value is -2.58. The molecule has 1 nitrogen and oxygen atoms in total. The summed E-state index contributed by atoms with van der Waals surface area (Å²) in [5.41, 5.74) is 3.22. The summed E-state index contributed by atoms with van der Waals surface area (Å²) in [6.07, 6.45) is 0. The number of nitrogens with zero attached hydrogens (tertiary/aromatic N) is 1. The summed E-state index contributed by atoms with van der Waals surface area (Å²) < 4.78 is 0. The molecular formula is C21H15NS. The van der Waals surface area contributed by atoms with Crippen molar-refractivity contribution in [2.75, 3.05) is 0 Å². The Morgan fingerprint density at radius 1 is 0.609 bits per heavy atom. The average molecular weight is 313 g/mol. The van der Waals surface area contributed by atoms with Gasteiger partial charge in [0.1, 0.15) is 0 Å². The third-order valence-corrected chi connectivity index (χ3v) is 4.82. The Balaban J connectivity index is 1.78. The average Bonchev–Trinajstić information content (AvgIpc) is 2.63. The molecular weight excluding hydrogens is 298 g/mol. The summed E-state index contributed by atoms with van der Waals surface area (Å²) in [4.78, 5) is 7.29. The number of fused-ring (bicyclic) bond motifs is 1. The van der Waals surface area contributed by atoms with Gasteiger partial charge in [-0.25, -0.2) is 4.98 Å². The molecule has 0 saturated heterocycles. The Morgan fingerprint density at radius 2 is 1.35 bits per heavy atom. The third kappa shape index (κ3) is 2.99. The Bertz CT molecular complexity index is 948. The van der Waals surface area contributed by atoms with Gasteiger partial charge in [0.2, 0.25) is 0 Å². The highest BCUT2D eigenvalue weighted by atomic mass is 32.2. The molecule has 0 amide bonds. The number of pyridine rings is 1. The number of hydrogen-bond donors (Lipinski definition) is 0. The van der Waals surface area contributed by atoms with E-state index in [-0.39, 0.29) is 0 Å². The first-order valence-electron chi connectivity index (χ1n) is 7.58. The molecule has 0 atom stereocenters. The Morgan fingerprint density at radius 3 is 2.26 bits per heavy atom. The lowest BCUT2D eigenvalue weighted by molar-refractivity contribution is 1.34. The van der Waals surface area contributed by atoms with E-state index in [1.807, 2.05) is 18.2 Å². The molecule has 0 fully saturated rings. The molecule has 0 aliphatic carbocycles. The van der Waals surface area contributed by atoms with Crippen LogP contribution in [0.2, 0.25) is 0 Å². The van der Waals surface area contributed by atoms with Gasteiger partial charge in [0.05, 0.1) is 11.2 Å². The van der Waals surface area contributed by atoms with E-state index in [9.17, 15) is 0 Å². The van der Waals surface area contributed by atoms with E-state index < -0.39 is 0 Å². The number of aromatic nitrogens is 1. The van der Waals surface area contributed by atoms with Crippen LogP contribution in [0.15, 0.2) is 101 Å². The third-order valence-electron chi connectivity index (χ3n) is 3.73. The van der Waals surface area contributed by atoms with Gasteiger partial charge in [0, 0.05) is 20.7 Å². The standard InChI is InChI=1S/C21H15NS/c1-2-9-17(10-3-1)23-21-13-7-5-11-18(21)20-15-14-16-8-4-6-12-19(16)22-20/h1-15H. The van der Waals surface area contributed by atoms with Crippen molar-refractivity contribution in [1.82, 2.24) is 4.98 Å². The minimum atomic E-state index is 1.02. The lowest BCUT2D eigenvalue weighted by Crippen LogP contribution is -1.87. The van der Waals surface area contributed by atoms with Crippen LogP contribution >= 0.6 is 11.8 Å². The molecule has 0 unspecified atom stereocenters. The lowest BCUT2D eigenvalue weighted by Gasteiger charge is -2.09. The molecule has 0 radical (unpaired) electrons. The summed E-state index contributed by atoms with van der Waals surface area (Å²) in [5, 5.41) is 1.17. The largest absolute Gasteiger partial charge is 0.248 e. The van der Waals surface area contributed by atoms with Crippen molar-refractivity contribution in [2.45, 2.75) is 9.79 Å². The smallest absolute Gasteiger partial charge is 0.0721 e. The predicted molar refractivity (Wildman–Crippen MR) is 97.7 cm³/mol. The number of benzene rings is 3. The van der Waals surface area contributed by atoms with Gasteiger partial charge in [0.15, 0.2) is 0 Å². The van der Waals surface area contributed by atoms with E-state index in [4.69, 9.17) is 4.98 Å². The van der Waals surface area contributed by atoms with Crippen LogP contribution in [0.25, 0.3) is 22.2 Å². The zero-order chi connectivity index (χ0) is 15.5. The minimum absolute atomic E-state index is 1.02. The summed E-state index contributed by atoms with van der Waals surface area (Å²) >= 11 is 1.77. The van der Waals surface area contributed by atoms with Gasteiger partial charge >= 0.3 is 0 Å². The second kappa shape index (κ2) is 6.27. The zero-order valence-electron chi connectivity index (χ0n) is 12.5. The van der Waals surface area contributed by atoms with E-state index in [1.165, 1.54) is 20.7 Å². The van der Waals surface area contributed by atoms with Gasteiger partial charge < -0.3 is 0 Å². The van der Waals surface area contributed by atoms with Crippen LogP contribution in [0.4, 0.5) is 0 Å². The van der Waals surface area contributed by atoms with E-state index in [0.717, 1.165) is 11.2 Å². The summed E-state index contributed by atoms with van der Waals surface area (Å²) in [6, 6.07) is 31.4. The highest BCUT2D eigenvalue weighted by Crippen LogP contribution is 2.35. The molecule has 23 heavy (non-hydrogen) atoms. The van der Waals surface area contributed by atoms with Crippen molar-refractivity contribution in [3.8, 4) is 11.3 Å². The number of hydrogen-bond acceptors (Lipinski definition) is 2. The molecule has 4 rings (SSSR count). The molecule has 1 heterocycles.